The van der Waals surface area contributed by atoms with Crippen molar-refractivity contribution in [2.24, 2.45) is 0 Å². The Kier molecular flexibility index (Phi) is 4.55. The molecule has 0 spiro atoms. The summed E-state index contributed by atoms with van der Waals surface area (Å²) in [6.07, 6.45) is 3.55. The second kappa shape index (κ2) is 6.05. The molecule has 0 saturated heterocycles. The molecule has 2 aromatic rings. The number of nitrogens with two attached hydrogens (primary N) is 1. The second-order valence-corrected chi connectivity index (χ2v) is 6.96. The first-order valence-electron chi connectivity index (χ1n) is 6.34. The third-order valence-electron chi connectivity index (χ3n) is 3.01. The molecule has 0 radical (unpaired) electrons. The van der Waals surface area contributed by atoms with Gasteiger partial charge in [0.25, 0.3) is 0 Å². The number of halogens is 1. The molecule has 0 bridgehead atoms. The monoisotopic (exact) mass is 328 g/mol. The van der Waals surface area contributed by atoms with E-state index in [0.29, 0.717) is 12.2 Å². The second-order valence-electron chi connectivity index (χ2n) is 4.82. The van der Waals surface area contributed by atoms with Gasteiger partial charge in [0, 0.05) is 18.4 Å². The van der Waals surface area contributed by atoms with E-state index in [2.05, 4.69) is 9.82 Å². The van der Waals surface area contributed by atoms with Gasteiger partial charge in [-0.1, -0.05) is 11.6 Å². The molecule has 114 valence electrons. The minimum absolute atomic E-state index is 0.0103. The van der Waals surface area contributed by atoms with Crippen molar-refractivity contribution in [3.05, 3.63) is 40.7 Å². The fourth-order valence-electron chi connectivity index (χ4n) is 1.84. The summed E-state index contributed by atoms with van der Waals surface area (Å²) >= 11 is 5.99. The summed E-state index contributed by atoms with van der Waals surface area (Å²) in [5.41, 5.74) is 7.90. The molecule has 6 nitrogen and oxygen atoms in total. The van der Waals surface area contributed by atoms with Crippen LogP contribution in [0.1, 0.15) is 11.1 Å². The zero-order valence-electron chi connectivity index (χ0n) is 11.8. The van der Waals surface area contributed by atoms with E-state index in [9.17, 15) is 8.42 Å². The molecule has 0 saturated carbocycles. The Balaban J connectivity index is 2.10. The molecular formula is C13H17ClN4O2S. The van der Waals surface area contributed by atoms with Crippen LogP contribution in [0, 0.1) is 13.8 Å². The maximum absolute atomic E-state index is 12.2. The van der Waals surface area contributed by atoms with Crippen LogP contribution in [0.5, 0.6) is 0 Å². The molecule has 0 fully saturated rings. The molecular weight excluding hydrogens is 312 g/mol. The summed E-state index contributed by atoms with van der Waals surface area (Å²) < 4.78 is 28.6. The minimum atomic E-state index is -3.70. The summed E-state index contributed by atoms with van der Waals surface area (Å²) in [7, 11) is -3.70. The van der Waals surface area contributed by atoms with Gasteiger partial charge in [0.1, 0.15) is 4.90 Å². The number of aryl methyl sites for hydroxylation is 2. The number of hydrogen-bond donors (Lipinski definition) is 2. The van der Waals surface area contributed by atoms with Crippen LogP contribution in [-0.4, -0.2) is 24.7 Å². The van der Waals surface area contributed by atoms with E-state index in [-0.39, 0.29) is 16.5 Å². The minimum Gasteiger partial charge on any atom is -0.398 e. The summed E-state index contributed by atoms with van der Waals surface area (Å²) in [6.45, 7) is 4.34. The highest BCUT2D eigenvalue weighted by molar-refractivity contribution is 7.89. The first-order chi connectivity index (χ1) is 9.79. The number of rotatable bonds is 5. The average Bonchev–Trinajstić information content (AvgIpc) is 2.79. The number of hydrogen-bond acceptors (Lipinski definition) is 4. The van der Waals surface area contributed by atoms with Gasteiger partial charge in [0.05, 0.1) is 17.8 Å². The number of benzene rings is 1. The molecule has 21 heavy (non-hydrogen) atoms. The van der Waals surface area contributed by atoms with Crippen molar-refractivity contribution in [3.63, 3.8) is 0 Å². The van der Waals surface area contributed by atoms with Crippen LogP contribution < -0.4 is 10.5 Å². The number of sulfonamides is 1. The van der Waals surface area contributed by atoms with Crippen LogP contribution in [0.2, 0.25) is 5.02 Å². The Labute approximate surface area is 129 Å². The van der Waals surface area contributed by atoms with Crippen LogP contribution in [0.4, 0.5) is 5.69 Å². The van der Waals surface area contributed by atoms with E-state index < -0.39 is 10.0 Å². The van der Waals surface area contributed by atoms with Crippen LogP contribution in [0.25, 0.3) is 0 Å². The topological polar surface area (TPSA) is 90.0 Å². The fraction of sp³-hybridized carbons (Fsp3) is 0.308. The van der Waals surface area contributed by atoms with Gasteiger partial charge in [-0.2, -0.15) is 5.10 Å². The zero-order chi connectivity index (χ0) is 15.6. The molecule has 8 heteroatoms. The van der Waals surface area contributed by atoms with Crippen LogP contribution in [0.15, 0.2) is 29.4 Å². The molecule has 0 atom stereocenters. The van der Waals surface area contributed by atoms with Gasteiger partial charge < -0.3 is 5.73 Å². The lowest BCUT2D eigenvalue weighted by Crippen LogP contribution is -2.28. The number of nitrogen functional groups attached to an aromatic ring is 1. The highest BCUT2D eigenvalue weighted by atomic mass is 35.5. The van der Waals surface area contributed by atoms with Crippen molar-refractivity contribution < 1.29 is 8.42 Å². The van der Waals surface area contributed by atoms with E-state index in [1.54, 1.807) is 23.9 Å². The normalized spacial score (nSPS) is 11.8. The predicted octanol–water partition coefficient (Wildman–Crippen LogP) is 1.71. The Morgan fingerprint density at radius 1 is 1.38 bits per heavy atom. The summed E-state index contributed by atoms with van der Waals surface area (Å²) in [4.78, 5) is -0.0103. The van der Waals surface area contributed by atoms with Crippen molar-refractivity contribution in [1.82, 2.24) is 14.5 Å². The van der Waals surface area contributed by atoms with Gasteiger partial charge in [-0.05, 0) is 37.1 Å². The van der Waals surface area contributed by atoms with E-state index >= 15 is 0 Å². The number of nitrogens with one attached hydrogen (secondary N) is 1. The fourth-order valence-corrected chi connectivity index (χ4v) is 3.47. The van der Waals surface area contributed by atoms with Gasteiger partial charge in [-0.15, -0.1) is 0 Å². The molecule has 3 N–H and O–H groups in total. The van der Waals surface area contributed by atoms with Crippen molar-refractivity contribution in [1.29, 1.82) is 0 Å². The summed E-state index contributed by atoms with van der Waals surface area (Å²) in [5.74, 6) is 0. The zero-order valence-corrected chi connectivity index (χ0v) is 13.4. The lowest BCUT2D eigenvalue weighted by atomic mass is 10.2. The molecule has 2 rings (SSSR count). The quantitative estimate of drug-likeness (QED) is 0.818. The lowest BCUT2D eigenvalue weighted by molar-refractivity contribution is 0.561. The third kappa shape index (κ3) is 3.75. The van der Waals surface area contributed by atoms with E-state index in [1.165, 1.54) is 6.07 Å². The van der Waals surface area contributed by atoms with Crippen LogP contribution >= 0.6 is 11.6 Å². The SMILES string of the molecule is Cc1cnn(CCNS(=O)(=O)c2cc(N)c(C)cc2Cl)c1. The molecule has 0 amide bonds. The average molecular weight is 329 g/mol. The van der Waals surface area contributed by atoms with Gasteiger partial charge in [-0.3, -0.25) is 4.68 Å². The Morgan fingerprint density at radius 2 is 2.10 bits per heavy atom. The van der Waals surface area contributed by atoms with Gasteiger partial charge in [0.15, 0.2) is 0 Å². The molecule has 1 aromatic heterocycles. The van der Waals surface area contributed by atoms with E-state index in [4.69, 9.17) is 17.3 Å². The molecule has 0 aliphatic heterocycles. The Bertz CT molecular complexity index is 756. The van der Waals surface area contributed by atoms with Crippen LogP contribution in [0.3, 0.4) is 0 Å². The molecule has 0 unspecified atom stereocenters. The van der Waals surface area contributed by atoms with E-state index in [1.807, 2.05) is 13.1 Å². The highest BCUT2D eigenvalue weighted by Gasteiger charge is 2.18. The number of nitrogens with zero attached hydrogens (tertiary/aromatic N) is 2. The largest absolute Gasteiger partial charge is 0.398 e. The van der Waals surface area contributed by atoms with Gasteiger partial charge >= 0.3 is 0 Å². The van der Waals surface area contributed by atoms with Crippen molar-refractivity contribution >= 4 is 27.3 Å². The number of anilines is 1. The predicted molar refractivity (Wildman–Crippen MR) is 82.8 cm³/mol. The Morgan fingerprint density at radius 3 is 2.71 bits per heavy atom. The molecule has 1 heterocycles. The number of aromatic nitrogens is 2. The standard InChI is InChI=1S/C13H17ClN4O2S/c1-9-7-16-18(8-9)4-3-17-21(19,20)13-6-12(15)10(2)5-11(13)14/h5-8,17H,3-4,15H2,1-2H3. The van der Waals surface area contributed by atoms with E-state index in [0.717, 1.165) is 11.1 Å². The summed E-state index contributed by atoms with van der Waals surface area (Å²) in [6, 6.07) is 2.92. The van der Waals surface area contributed by atoms with Gasteiger partial charge in [-0.25, -0.2) is 13.1 Å². The van der Waals surface area contributed by atoms with Crippen molar-refractivity contribution in [3.8, 4) is 0 Å². The smallest absolute Gasteiger partial charge is 0.242 e. The van der Waals surface area contributed by atoms with Crippen LogP contribution in [-0.2, 0) is 16.6 Å². The maximum atomic E-state index is 12.2. The highest BCUT2D eigenvalue weighted by Crippen LogP contribution is 2.26. The third-order valence-corrected chi connectivity index (χ3v) is 4.93. The van der Waals surface area contributed by atoms with Gasteiger partial charge in [0.2, 0.25) is 10.0 Å². The Hall–Kier alpha value is -1.57. The summed E-state index contributed by atoms with van der Waals surface area (Å²) in [5, 5.41) is 4.24. The lowest BCUT2D eigenvalue weighted by Gasteiger charge is -2.10. The van der Waals surface area contributed by atoms with Crippen molar-refractivity contribution in [2.75, 3.05) is 12.3 Å². The van der Waals surface area contributed by atoms with Crippen molar-refractivity contribution in [2.45, 2.75) is 25.3 Å². The molecule has 1 aromatic carbocycles. The molecule has 0 aliphatic carbocycles. The first-order valence-corrected chi connectivity index (χ1v) is 8.20. The first kappa shape index (κ1) is 15.8. The maximum Gasteiger partial charge on any atom is 0.242 e. The molecule has 0 aliphatic rings.